The van der Waals surface area contributed by atoms with Gasteiger partial charge in [0.1, 0.15) is 12.3 Å². The lowest BCUT2D eigenvalue weighted by Crippen LogP contribution is -2.17. The third-order valence-electron chi connectivity index (χ3n) is 3.53. The number of aromatic nitrogens is 2. The second-order valence-electron chi connectivity index (χ2n) is 5.13. The van der Waals surface area contributed by atoms with Crippen molar-refractivity contribution >= 4 is 17.6 Å². The number of carbonyl (C=O) groups is 2. The molecule has 1 aromatic carbocycles. The quantitative estimate of drug-likeness (QED) is 0.675. The van der Waals surface area contributed by atoms with Gasteiger partial charge < -0.3 is 9.47 Å². The molecule has 0 saturated carbocycles. The van der Waals surface area contributed by atoms with Gasteiger partial charge in [-0.2, -0.15) is 0 Å². The van der Waals surface area contributed by atoms with E-state index >= 15 is 0 Å². The first-order chi connectivity index (χ1) is 12.1. The molecule has 0 spiro atoms. The van der Waals surface area contributed by atoms with Gasteiger partial charge in [0, 0.05) is 12.3 Å². The Morgan fingerprint density at radius 2 is 1.72 bits per heavy atom. The van der Waals surface area contributed by atoms with Crippen LogP contribution >= 0.6 is 0 Å². The number of hydrogen-bond donors (Lipinski definition) is 0. The third kappa shape index (κ3) is 3.40. The Balaban J connectivity index is 1.82. The maximum Gasteiger partial charge on any atom is 0.339 e. The molecule has 0 fully saturated rings. The molecule has 0 saturated heterocycles. The largest absolute Gasteiger partial charge is 0.465 e. The second kappa shape index (κ2) is 6.96. The number of carbonyl (C=O) groups excluding carboxylic acids is 2. The number of fused-ring (bicyclic) bond motifs is 1. The standard InChI is InChI=1S/C18H14N2O5/c1-24-17(22)13-6-2-3-7-14(13)18(23)25-11-12-10-16(21)20-9-5-4-8-15(20)19-12/h2-10H,11H2,1H3. The van der Waals surface area contributed by atoms with Crippen molar-refractivity contribution in [3.8, 4) is 0 Å². The van der Waals surface area contributed by atoms with Crippen LogP contribution in [-0.2, 0) is 16.1 Å². The fraction of sp³-hybridized carbons (Fsp3) is 0.111. The molecule has 3 aromatic rings. The first-order valence-corrected chi connectivity index (χ1v) is 7.42. The van der Waals surface area contributed by atoms with E-state index in [2.05, 4.69) is 9.72 Å². The molecule has 126 valence electrons. The van der Waals surface area contributed by atoms with Gasteiger partial charge in [0.05, 0.1) is 23.9 Å². The van der Waals surface area contributed by atoms with E-state index in [1.807, 2.05) is 0 Å². The third-order valence-corrected chi connectivity index (χ3v) is 3.53. The fourth-order valence-electron chi connectivity index (χ4n) is 2.34. The van der Waals surface area contributed by atoms with Crippen molar-refractivity contribution in [1.29, 1.82) is 0 Å². The van der Waals surface area contributed by atoms with Crippen molar-refractivity contribution in [2.45, 2.75) is 6.61 Å². The Kier molecular flexibility index (Phi) is 4.56. The number of benzene rings is 1. The molecule has 7 nitrogen and oxygen atoms in total. The summed E-state index contributed by atoms with van der Waals surface area (Å²) in [5.41, 5.74) is 0.705. The zero-order valence-electron chi connectivity index (χ0n) is 13.3. The van der Waals surface area contributed by atoms with Crippen LogP contribution < -0.4 is 5.56 Å². The van der Waals surface area contributed by atoms with Crippen molar-refractivity contribution in [2.75, 3.05) is 7.11 Å². The predicted molar refractivity (Wildman–Crippen MR) is 88.4 cm³/mol. The van der Waals surface area contributed by atoms with Crippen LogP contribution in [0.3, 0.4) is 0 Å². The van der Waals surface area contributed by atoms with Crippen LogP contribution in [0.5, 0.6) is 0 Å². The summed E-state index contributed by atoms with van der Waals surface area (Å²) in [6.45, 7) is -0.186. The van der Waals surface area contributed by atoms with Gasteiger partial charge in [0.25, 0.3) is 5.56 Å². The van der Waals surface area contributed by atoms with Crippen LogP contribution in [0.2, 0.25) is 0 Å². The van der Waals surface area contributed by atoms with E-state index in [0.717, 1.165) is 0 Å². The topological polar surface area (TPSA) is 87.0 Å². The minimum atomic E-state index is -0.698. The fourth-order valence-corrected chi connectivity index (χ4v) is 2.34. The van der Waals surface area contributed by atoms with Crippen molar-refractivity contribution in [2.24, 2.45) is 0 Å². The van der Waals surface area contributed by atoms with Crippen molar-refractivity contribution in [3.63, 3.8) is 0 Å². The normalized spacial score (nSPS) is 10.4. The molecule has 0 radical (unpaired) electrons. The summed E-state index contributed by atoms with van der Waals surface area (Å²) >= 11 is 0. The highest BCUT2D eigenvalue weighted by Crippen LogP contribution is 2.12. The summed E-state index contributed by atoms with van der Waals surface area (Å²) < 4.78 is 11.2. The van der Waals surface area contributed by atoms with Crippen LogP contribution in [-0.4, -0.2) is 28.4 Å². The summed E-state index contributed by atoms with van der Waals surface area (Å²) in [4.78, 5) is 40.3. The molecule has 0 atom stereocenters. The van der Waals surface area contributed by atoms with Gasteiger partial charge >= 0.3 is 11.9 Å². The van der Waals surface area contributed by atoms with Gasteiger partial charge in [0.15, 0.2) is 0 Å². The summed E-state index contributed by atoms with van der Waals surface area (Å²) in [6, 6.07) is 12.6. The summed E-state index contributed by atoms with van der Waals surface area (Å²) in [5.74, 6) is -1.33. The molecule has 2 heterocycles. The molecule has 2 aromatic heterocycles. The second-order valence-corrected chi connectivity index (χ2v) is 5.13. The highest BCUT2D eigenvalue weighted by atomic mass is 16.5. The van der Waals surface area contributed by atoms with Crippen molar-refractivity contribution in [3.05, 3.63) is 81.9 Å². The number of pyridine rings is 1. The van der Waals surface area contributed by atoms with Crippen LogP contribution in [0.15, 0.2) is 59.5 Å². The summed E-state index contributed by atoms with van der Waals surface area (Å²) in [7, 11) is 1.23. The zero-order chi connectivity index (χ0) is 17.8. The monoisotopic (exact) mass is 338 g/mol. The smallest absolute Gasteiger partial charge is 0.339 e. The maximum atomic E-state index is 12.3. The summed E-state index contributed by atoms with van der Waals surface area (Å²) in [5, 5.41) is 0. The Morgan fingerprint density at radius 1 is 1.04 bits per heavy atom. The molecule has 0 N–H and O–H groups in total. The van der Waals surface area contributed by atoms with E-state index in [1.54, 1.807) is 36.5 Å². The van der Waals surface area contributed by atoms with Crippen molar-refractivity contribution in [1.82, 2.24) is 9.38 Å². The molecule has 0 unspecified atom stereocenters. The van der Waals surface area contributed by atoms with Crippen LogP contribution in [0, 0.1) is 0 Å². The number of nitrogens with zero attached hydrogens (tertiary/aromatic N) is 2. The number of rotatable bonds is 4. The average Bonchev–Trinajstić information content (AvgIpc) is 2.65. The summed E-state index contributed by atoms with van der Waals surface area (Å²) in [6.07, 6.45) is 1.60. The molecule has 0 aliphatic carbocycles. The van der Waals surface area contributed by atoms with Crippen LogP contribution in [0.25, 0.3) is 5.65 Å². The molecule has 0 aliphatic heterocycles. The Morgan fingerprint density at radius 3 is 2.44 bits per heavy atom. The molecule has 3 rings (SSSR count). The first kappa shape index (κ1) is 16.4. The van der Waals surface area contributed by atoms with E-state index in [9.17, 15) is 14.4 Å². The highest BCUT2D eigenvalue weighted by molar-refractivity contribution is 6.03. The van der Waals surface area contributed by atoms with Crippen LogP contribution in [0.4, 0.5) is 0 Å². The molecular weight excluding hydrogens is 324 g/mol. The number of hydrogen-bond acceptors (Lipinski definition) is 6. The first-order valence-electron chi connectivity index (χ1n) is 7.42. The number of methoxy groups -OCH3 is 1. The van der Waals surface area contributed by atoms with E-state index in [-0.39, 0.29) is 23.3 Å². The van der Waals surface area contributed by atoms with Gasteiger partial charge in [-0.05, 0) is 24.3 Å². The zero-order valence-corrected chi connectivity index (χ0v) is 13.3. The Labute approximate surface area is 142 Å². The lowest BCUT2D eigenvalue weighted by Gasteiger charge is -2.08. The molecule has 25 heavy (non-hydrogen) atoms. The maximum absolute atomic E-state index is 12.3. The average molecular weight is 338 g/mol. The van der Waals surface area contributed by atoms with Gasteiger partial charge in [0.2, 0.25) is 0 Å². The molecule has 0 aliphatic rings. The minimum Gasteiger partial charge on any atom is -0.465 e. The Bertz CT molecular complexity index is 1010. The SMILES string of the molecule is COC(=O)c1ccccc1C(=O)OCc1cc(=O)n2ccccc2n1. The lowest BCUT2D eigenvalue weighted by atomic mass is 10.1. The molecular formula is C18H14N2O5. The molecule has 0 bridgehead atoms. The van der Waals surface area contributed by atoms with E-state index in [1.165, 1.54) is 29.7 Å². The van der Waals surface area contributed by atoms with Gasteiger partial charge in [-0.25, -0.2) is 14.6 Å². The molecule has 0 amide bonds. The highest BCUT2D eigenvalue weighted by Gasteiger charge is 2.18. The Hall–Kier alpha value is -3.48. The van der Waals surface area contributed by atoms with Gasteiger partial charge in [-0.3, -0.25) is 9.20 Å². The lowest BCUT2D eigenvalue weighted by molar-refractivity contribution is 0.0453. The van der Waals surface area contributed by atoms with Crippen molar-refractivity contribution < 1.29 is 19.1 Å². The van der Waals surface area contributed by atoms with E-state index < -0.39 is 11.9 Å². The van der Waals surface area contributed by atoms with E-state index in [4.69, 9.17) is 4.74 Å². The minimum absolute atomic E-state index is 0.0897. The molecule has 7 heteroatoms. The number of ether oxygens (including phenoxy) is 2. The predicted octanol–water partition coefficient (Wildman–Crippen LogP) is 1.84. The van der Waals surface area contributed by atoms with Gasteiger partial charge in [-0.15, -0.1) is 0 Å². The van der Waals surface area contributed by atoms with Gasteiger partial charge in [-0.1, -0.05) is 18.2 Å². The number of esters is 2. The van der Waals surface area contributed by atoms with Crippen LogP contribution in [0.1, 0.15) is 26.4 Å². The van der Waals surface area contributed by atoms with E-state index in [0.29, 0.717) is 11.3 Å².